The van der Waals surface area contributed by atoms with Crippen molar-refractivity contribution < 1.29 is 18.8 Å². The number of ether oxygens (including phenoxy) is 2. The maximum Gasteiger partial charge on any atom is 0.347 e. The molecule has 2 aromatic carbocycles. The Morgan fingerprint density at radius 2 is 1.88 bits per heavy atom. The summed E-state index contributed by atoms with van der Waals surface area (Å²) in [7, 11) is 0. The van der Waals surface area contributed by atoms with Crippen LogP contribution in [0.15, 0.2) is 65.2 Å². The van der Waals surface area contributed by atoms with Gasteiger partial charge in [0.25, 0.3) is 0 Å². The molecule has 0 saturated heterocycles. The number of aromatic nitrogens is 1. The Bertz CT molecular complexity index is 830. The van der Waals surface area contributed by atoms with Crippen LogP contribution < -0.4 is 4.74 Å². The molecule has 1 aromatic heterocycles. The van der Waals surface area contributed by atoms with Gasteiger partial charge in [-0.15, -0.1) is 0 Å². The van der Waals surface area contributed by atoms with Gasteiger partial charge in [-0.2, -0.15) is 0 Å². The highest BCUT2D eigenvalue weighted by atomic mass is 35.5. The van der Waals surface area contributed by atoms with Crippen LogP contribution in [-0.2, 0) is 16.1 Å². The van der Waals surface area contributed by atoms with E-state index in [0.29, 0.717) is 22.2 Å². The van der Waals surface area contributed by atoms with Crippen LogP contribution in [0.3, 0.4) is 0 Å². The molecule has 3 rings (SSSR count). The lowest BCUT2D eigenvalue weighted by Gasteiger charge is -2.13. The standard InChI is InChI=1S/C19H16ClNO4/c1-13(24-17-5-3-2-4-6-17)19(22)23-12-16-11-18(25-21-16)14-7-9-15(20)10-8-14/h2-11,13H,12H2,1H3. The normalized spacial score (nSPS) is 11.8. The summed E-state index contributed by atoms with van der Waals surface area (Å²) < 4.78 is 16.0. The third-order valence-electron chi connectivity index (χ3n) is 3.44. The lowest BCUT2D eigenvalue weighted by Crippen LogP contribution is -2.26. The van der Waals surface area contributed by atoms with Crippen molar-refractivity contribution in [2.24, 2.45) is 0 Å². The number of para-hydroxylation sites is 1. The van der Waals surface area contributed by atoms with E-state index in [1.54, 1.807) is 37.3 Å². The lowest BCUT2D eigenvalue weighted by atomic mass is 10.2. The van der Waals surface area contributed by atoms with Crippen LogP contribution in [0.2, 0.25) is 5.02 Å². The van der Waals surface area contributed by atoms with Crippen LogP contribution in [0.25, 0.3) is 11.3 Å². The summed E-state index contributed by atoms with van der Waals surface area (Å²) in [6.07, 6.45) is -0.718. The second-order valence-corrected chi connectivity index (χ2v) is 5.81. The van der Waals surface area contributed by atoms with Crippen molar-refractivity contribution in [3.05, 3.63) is 71.4 Å². The molecule has 1 heterocycles. The quantitative estimate of drug-likeness (QED) is 0.607. The third-order valence-corrected chi connectivity index (χ3v) is 3.69. The van der Waals surface area contributed by atoms with Crippen LogP contribution in [-0.4, -0.2) is 17.2 Å². The highest BCUT2D eigenvalue weighted by molar-refractivity contribution is 6.30. The highest BCUT2D eigenvalue weighted by Gasteiger charge is 2.17. The molecule has 6 heteroatoms. The Balaban J connectivity index is 1.54. The minimum atomic E-state index is -0.718. The number of esters is 1. The first-order chi connectivity index (χ1) is 12.1. The van der Waals surface area contributed by atoms with Gasteiger partial charge in [-0.3, -0.25) is 0 Å². The van der Waals surface area contributed by atoms with Crippen LogP contribution in [0.5, 0.6) is 5.75 Å². The zero-order valence-electron chi connectivity index (χ0n) is 13.5. The second-order valence-electron chi connectivity index (χ2n) is 5.37. The zero-order valence-corrected chi connectivity index (χ0v) is 14.3. The molecule has 0 amide bonds. The fourth-order valence-electron chi connectivity index (χ4n) is 2.14. The fraction of sp³-hybridized carbons (Fsp3) is 0.158. The molecule has 0 N–H and O–H groups in total. The lowest BCUT2D eigenvalue weighted by molar-refractivity contribution is -0.152. The maximum absolute atomic E-state index is 12.0. The maximum atomic E-state index is 12.0. The monoisotopic (exact) mass is 357 g/mol. The zero-order chi connectivity index (χ0) is 17.6. The number of carbonyl (C=O) groups is 1. The molecule has 0 radical (unpaired) electrons. The third kappa shape index (κ3) is 4.61. The number of nitrogens with zero attached hydrogens (tertiary/aromatic N) is 1. The van der Waals surface area contributed by atoms with Crippen LogP contribution in [0, 0.1) is 0 Å². The first-order valence-electron chi connectivity index (χ1n) is 7.72. The van der Waals surface area contributed by atoms with Gasteiger partial charge < -0.3 is 14.0 Å². The van der Waals surface area contributed by atoms with Crippen LogP contribution >= 0.6 is 11.6 Å². The van der Waals surface area contributed by atoms with E-state index < -0.39 is 12.1 Å². The average Bonchev–Trinajstić information content (AvgIpc) is 3.10. The van der Waals surface area contributed by atoms with E-state index in [0.717, 1.165) is 5.56 Å². The van der Waals surface area contributed by atoms with Crippen molar-refractivity contribution in [1.29, 1.82) is 0 Å². The molecule has 128 valence electrons. The van der Waals surface area contributed by atoms with E-state index in [4.69, 9.17) is 25.6 Å². The molecule has 0 aliphatic rings. The minimum absolute atomic E-state index is 0.0123. The van der Waals surface area contributed by atoms with Crippen molar-refractivity contribution in [1.82, 2.24) is 5.16 Å². The Kier molecular flexibility index (Phi) is 5.36. The molecule has 0 bridgehead atoms. The first-order valence-corrected chi connectivity index (χ1v) is 8.09. The van der Waals surface area contributed by atoms with Crippen LogP contribution in [0.1, 0.15) is 12.6 Å². The number of carbonyl (C=O) groups excluding carboxylic acids is 1. The molecule has 3 aromatic rings. The number of hydrogen-bond acceptors (Lipinski definition) is 5. The molecule has 25 heavy (non-hydrogen) atoms. The molecule has 0 saturated carbocycles. The molecule has 0 aliphatic heterocycles. The Labute approximate surface area is 150 Å². The van der Waals surface area contributed by atoms with Crippen molar-refractivity contribution in [3.8, 4) is 17.1 Å². The van der Waals surface area contributed by atoms with Gasteiger partial charge in [0.05, 0.1) is 0 Å². The summed E-state index contributed by atoms with van der Waals surface area (Å²) >= 11 is 5.86. The Morgan fingerprint density at radius 3 is 2.60 bits per heavy atom. The summed E-state index contributed by atoms with van der Waals surface area (Å²) in [4.78, 5) is 12.0. The van der Waals surface area contributed by atoms with E-state index in [2.05, 4.69) is 5.16 Å². The molecule has 5 nitrogen and oxygen atoms in total. The van der Waals surface area contributed by atoms with Gasteiger partial charge >= 0.3 is 5.97 Å². The number of benzene rings is 2. The summed E-state index contributed by atoms with van der Waals surface area (Å²) in [6.45, 7) is 1.65. The van der Waals surface area contributed by atoms with Crippen LogP contribution in [0.4, 0.5) is 0 Å². The molecule has 1 unspecified atom stereocenters. The van der Waals surface area contributed by atoms with E-state index >= 15 is 0 Å². The smallest absolute Gasteiger partial charge is 0.347 e. The molecular formula is C19H16ClNO4. The molecule has 0 aliphatic carbocycles. The highest BCUT2D eigenvalue weighted by Crippen LogP contribution is 2.22. The van der Waals surface area contributed by atoms with Crippen molar-refractivity contribution in [2.75, 3.05) is 0 Å². The van der Waals surface area contributed by atoms with E-state index in [1.165, 1.54) is 0 Å². The SMILES string of the molecule is CC(Oc1ccccc1)C(=O)OCc1cc(-c2ccc(Cl)cc2)on1. The van der Waals surface area contributed by atoms with Crippen molar-refractivity contribution in [3.63, 3.8) is 0 Å². The molecule has 0 fully saturated rings. The van der Waals surface area contributed by atoms with Crippen molar-refractivity contribution >= 4 is 17.6 Å². The summed E-state index contributed by atoms with van der Waals surface area (Å²) in [5.74, 6) is 0.717. The van der Waals surface area contributed by atoms with Gasteiger partial charge in [0.2, 0.25) is 0 Å². The van der Waals surface area contributed by atoms with Gasteiger partial charge in [0, 0.05) is 16.7 Å². The van der Waals surface area contributed by atoms with Gasteiger partial charge in [0.1, 0.15) is 18.1 Å². The number of halogens is 1. The van der Waals surface area contributed by atoms with Gasteiger partial charge in [-0.25, -0.2) is 4.79 Å². The molecule has 1 atom stereocenters. The first kappa shape index (κ1) is 17.0. The molecular weight excluding hydrogens is 342 g/mol. The summed E-state index contributed by atoms with van der Waals surface area (Å²) in [5, 5.41) is 4.55. The molecule has 0 spiro atoms. The van der Waals surface area contributed by atoms with Crippen molar-refractivity contribution in [2.45, 2.75) is 19.6 Å². The fourth-order valence-corrected chi connectivity index (χ4v) is 2.27. The Hall–Kier alpha value is -2.79. The Morgan fingerprint density at radius 1 is 1.16 bits per heavy atom. The van der Waals surface area contributed by atoms with E-state index in [1.807, 2.05) is 30.3 Å². The predicted octanol–water partition coefficient (Wildman–Crippen LogP) is 4.51. The van der Waals surface area contributed by atoms with E-state index in [-0.39, 0.29) is 6.61 Å². The summed E-state index contributed by atoms with van der Waals surface area (Å²) in [6, 6.07) is 18.0. The van der Waals surface area contributed by atoms with Gasteiger partial charge in [-0.05, 0) is 43.3 Å². The number of hydrogen-bond donors (Lipinski definition) is 0. The van der Waals surface area contributed by atoms with Gasteiger partial charge in [-0.1, -0.05) is 35.0 Å². The topological polar surface area (TPSA) is 61.6 Å². The summed E-state index contributed by atoms with van der Waals surface area (Å²) in [5.41, 5.74) is 1.36. The number of rotatable bonds is 6. The predicted molar refractivity (Wildman–Crippen MR) is 93.3 cm³/mol. The van der Waals surface area contributed by atoms with E-state index in [9.17, 15) is 4.79 Å². The minimum Gasteiger partial charge on any atom is -0.479 e. The average molecular weight is 358 g/mol. The second kappa shape index (κ2) is 7.85. The van der Waals surface area contributed by atoms with Gasteiger partial charge in [0.15, 0.2) is 11.9 Å². The largest absolute Gasteiger partial charge is 0.479 e.